The van der Waals surface area contributed by atoms with Gasteiger partial charge in [0.15, 0.2) is 4.32 Å². The molecule has 0 spiro atoms. The zero-order chi connectivity index (χ0) is 24.4. The van der Waals surface area contributed by atoms with Crippen molar-refractivity contribution in [2.24, 2.45) is 0 Å². The van der Waals surface area contributed by atoms with E-state index in [1.54, 1.807) is 42.5 Å². The molecule has 1 saturated heterocycles. The molecule has 0 N–H and O–H groups in total. The summed E-state index contributed by atoms with van der Waals surface area (Å²) in [6, 6.07) is 15.6. The highest BCUT2D eigenvalue weighted by atomic mass is 79.9. The van der Waals surface area contributed by atoms with Crippen LogP contribution in [0.15, 0.2) is 74.5 Å². The number of carbonyl (C=O) groups excluding carboxylic acids is 1. The van der Waals surface area contributed by atoms with Crippen LogP contribution in [0.25, 0.3) is 6.08 Å². The van der Waals surface area contributed by atoms with Gasteiger partial charge in [-0.15, -0.1) is 0 Å². The Morgan fingerprint density at radius 3 is 2.50 bits per heavy atom. The van der Waals surface area contributed by atoms with Gasteiger partial charge in [0.1, 0.15) is 18.2 Å². The molecule has 0 bridgehead atoms. The fourth-order valence-electron chi connectivity index (χ4n) is 3.15. The second-order valence-electron chi connectivity index (χ2n) is 6.99. The molecule has 3 aromatic carbocycles. The molecule has 11 heteroatoms. The maximum atomic E-state index is 13.9. The minimum atomic E-state index is -0.526. The molecule has 0 atom stereocenters. The predicted octanol–water partition coefficient (Wildman–Crippen LogP) is 7.24. The predicted molar refractivity (Wildman–Crippen MR) is 141 cm³/mol. The molecule has 34 heavy (non-hydrogen) atoms. The number of nitro groups is 1. The largest absolute Gasteiger partial charge is 0.486 e. The monoisotopic (exact) mass is 622 g/mol. The SMILES string of the molecule is O=C1/C(=C/c2cc(Br)c(OCc3ccccc3F)c(Br)c2)SC(=S)N1c1cccc([N+](=O)[O-])c1. The normalized spacial score (nSPS) is 14.7. The minimum absolute atomic E-state index is 0.0467. The molecule has 6 nitrogen and oxygen atoms in total. The third kappa shape index (κ3) is 5.22. The highest BCUT2D eigenvalue weighted by molar-refractivity contribution is 9.11. The topological polar surface area (TPSA) is 72.7 Å². The van der Waals surface area contributed by atoms with Crippen molar-refractivity contribution in [3.05, 3.63) is 102 Å². The highest BCUT2D eigenvalue weighted by Crippen LogP contribution is 2.40. The lowest BCUT2D eigenvalue weighted by molar-refractivity contribution is -0.384. The summed E-state index contributed by atoms with van der Waals surface area (Å²) in [5.41, 5.74) is 1.32. The number of hydrogen-bond acceptors (Lipinski definition) is 6. The summed E-state index contributed by atoms with van der Waals surface area (Å²) >= 11 is 13.4. The van der Waals surface area contributed by atoms with Gasteiger partial charge < -0.3 is 4.74 Å². The number of benzene rings is 3. The minimum Gasteiger partial charge on any atom is -0.486 e. The van der Waals surface area contributed by atoms with Crippen molar-refractivity contribution in [1.82, 2.24) is 0 Å². The number of thiocarbonyl (C=S) groups is 1. The van der Waals surface area contributed by atoms with Crippen molar-refractivity contribution in [3.63, 3.8) is 0 Å². The van der Waals surface area contributed by atoms with Gasteiger partial charge in [0, 0.05) is 17.7 Å². The van der Waals surface area contributed by atoms with Crippen molar-refractivity contribution in [3.8, 4) is 5.75 Å². The number of thioether (sulfide) groups is 1. The van der Waals surface area contributed by atoms with E-state index in [-0.39, 0.29) is 28.3 Å². The van der Waals surface area contributed by atoms with E-state index in [1.807, 2.05) is 0 Å². The van der Waals surface area contributed by atoms with E-state index in [2.05, 4.69) is 31.9 Å². The summed E-state index contributed by atoms with van der Waals surface area (Å²) in [5, 5.41) is 11.1. The van der Waals surface area contributed by atoms with E-state index in [9.17, 15) is 19.3 Å². The van der Waals surface area contributed by atoms with Crippen LogP contribution >= 0.6 is 55.8 Å². The van der Waals surface area contributed by atoms with E-state index in [1.165, 1.54) is 29.2 Å². The van der Waals surface area contributed by atoms with Crippen LogP contribution in [0.3, 0.4) is 0 Å². The number of carbonyl (C=O) groups is 1. The lowest BCUT2D eigenvalue weighted by atomic mass is 10.2. The van der Waals surface area contributed by atoms with Crippen LogP contribution in [-0.2, 0) is 11.4 Å². The number of non-ortho nitro benzene ring substituents is 1. The van der Waals surface area contributed by atoms with Gasteiger partial charge in [0.2, 0.25) is 0 Å². The van der Waals surface area contributed by atoms with Crippen molar-refractivity contribution in [2.45, 2.75) is 6.61 Å². The van der Waals surface area contributed by atoms with Crippen molar-refractivity contribution >= 4 is 83.5 Å². The first-order valence-corrected chi connectivity index (χ1v) is 12.4. The maximum absolute atomic E-state index is 13.9. The molecular formula is C23H13Br2FN2O4S2. The van der Waals surface area contributed by atoms with E-state index in [0.717, 1.165) is 11.8 Å². The zero-order valence-electron chi connectivity index (χ0n) is 17.0. The van der Waals surface area contributed by atoms with Gasteiger partial charge in [-0.1, -0.05) is 48.2 Å². The Hall–Kier alpha value is -2.60. The van der Waals surface area contributed by atoms with Crippen molar-refractivity contribution in [1.29, 1.82) is 0 Å². The maximum Gasteiger partial charge on any atom is 0.271 e. The number of nitro benzene ring substituents is 1. The van der Waals surface area contributed by atoms with E-state index in [4.69, 9.17) is 17.0 Å². The number of ether oxygens (including phenoxy) is 1. The molecule has 1 aliphatic rings. The summed E-state index contributed by atoms with van der Waals surface area (Å²) in [5.74, 6) is -0.232. The number of hydrogen-bond donors (Lipinski definition) is 0. The first-order chi connectivity index (χ1) is 16.2. The molecule has 1 aliphatic heterocycles. The van der Waals surface area contributed by atoms with Crippen LogP contribution in [0.1, 0.15) is 11.1 Å². The molecule has 4 rings (SSSR count). The Kier molecular flexibility index (Phi) is 7.46. The summed E-state index contributed by atoms with van der Waals surface area (Å²) < 4.78 is 21.2. The Morgan fingerprint density at radius 1 is 1.12 bits per heavy atom. The van der Waals surface area contributed by atoms with Gasteiger partial charge in [-0.25, -0.2) is 4.39 Å². The summed E-state index contributed by atoms with van der Waals surface area (Å²) in [4.78, 5) is 25.2. The summed E-state index contributed by atoms with van der Waals surface area (Å²) in [6.07, 6.45) is 1.67. The molecule has 0 aromatic heterocycles. The molecule has 0 saturated carbocycles. The van der Waals surface area contributed by atoms with Gasteiger partial charge in [-0.3, -0.25) is 19.8 Å². The van der Waals surface area contributed by atoms with Crippen LogP contribution in [0.2, 0.25) is 0 Å². The number of amides is 1. The van der Waals surface area contributed by atoms with Gasteiger partial charge in [0.25, 0.3) is 11.6 Å². The molecule has 1 fully saturated rings. The average Bonchev–Trinajstić information content (AvgIpc) is 3.07. The second-order valence-corrected chi connectivity index (χ2v) is 10.4. The number of halogens is 3. The van der Waals surface area contributed by atoms with Gasteiger partial charge in [0.05, 0.1) is 24.5 Å². The lowest BCUT2D eigenvalue weighted by Gasteiger charge is -2.14. The molecule has 1 heterocycles. The van der Waals surface area contributed by atoms with E-state index >= 15 is 0 Å². The van der Waals surface area contributed by atoms with E-state index < -0.39 is 4.92 Å². The van der Waals surface area contributed by atoms with Crippen molar-refractivity contribution < 1.29 is 18.8 Å². The molecular weight excluding hydrogens is 611 g/mol. The first-order valence-electron chi connectivity index (χ1n) is 9.62. The average molecular weight is 624 g/mol. The molecule has 1 amide bonds. The van der Waals surface area contributed by atoms with Crippen LogP contribution in [0.4, 0.5) is 15.8 Å². The van der Waals surface area contributed by atoms with Crippen LogP contribution < -0.4 is 9.64 Å². The lowest BCUT2D eigenvalue weighted by Crippen LogP contribution is -2.27. The molecule has 0 aliphatic carbocycles. The Labute approximate surface area is 220 Å². The van der Waals surface area contributed by atoms with Gasteiger partial charge in [-0.2, -0.15) is 0 Å². The second kappa shape index (κ2) is 10.3. The third-order valence-corrected chi connectivity index (χ3v) is 7.22. The highest BCUT2D eigenvalue weighted by Gasteiger charge is 2.34. The number of anilines is 1. The fraction of sp³-hybridized carbons (Fsp3) is 0.0435. The van der Waals surface area contributed by atoms with Gasteiger partial charge in [-0.05, 0) is 67.8 Å². The number of rotatable bonds is 6. The van der Waals surface area contributed by atoms with Gasteiger partial charge >= 0.3 is 0 Å². The molecule has 0 unspecified atom stereocenters. The summed E-state index contributed by atoms with van der Waals surface area (Å²) in [6.45, 7) is 0.0467. The quantitative estimate of drug-likeness (QED) is 0.125. The third-order valence-electron chi connectivity index (χ3n) is 4.74. The zero-order valence-corrected chi connectivity index (χ0v) is 21.8. The smallest absolute Gasteiger partial charge is 0.271 e. The summed E-state index contributed by atoms with van der Waals surface area (Å²) in [7, 11) is 0. The standard InChI is InChI=1S/C23H13Br2FN2O4S2/c24-17-8-13(9-18(25)21(17)32-12-14-4-1-2-7-19(14)26)10-20-22(29)27(23(33)34-20)15-5-3-6-16(11-15)28(30)31/h1-11H,12H2/b20-10-. The molecule has 172 valence electrons. The first kappa shape index (κ1) is 24.5. The van der Waals surface area contributed by atoms with E-state index in [0.29, 0.717) is 36.4 Å². The molecule has 3 aromatic rings. The van der Waals surface area contributed by atoms with Crippen LogP contribution in [0, 0.1) is 15.9 Å². The number of nitrogens with zero attached hydrogens (tertiary/aromatic N) is 2. The Balaban J connectivity index is 1.56. The molecule has 0 radical (unpaired) electrons. The fourth-order valence-corrected chi connectivity index (χ4v) is 5.90. The van der Waals surface area contributed by atoms with Crippen LogP contribution in [0.5, 0.6) is 5.75 Å². The van der Waals surface area contributed by atoms with Crippen molar-refractivity contribution in [2.75, 3.05) is 4.90 Å². The Bertz CT molecular complexity index is 1340. The van der Waals surface area contributed by atoms with Crippen LogP contribution in [-0.4, -0.2) is 15.2 Å². The Morgan fingerprint density at radius 2 is 1.82 bits per heavy atom.